The van der Waals surface area contributed by atoms with Crippen molar-refractivity contribution in [3.8, 4) is 0 Å². The highest BCUT2D eigenvalue weighted by molar-refractivity contribution is 7.10. The van der Waals surface area contributed by atoms with Crippen LogP contribution in [0.5, 0.6) is 0 Å². The molecule has 3 heterocycles. The second-order valence-electron chi connectivity index (χ2n) is 5.42. The molecule has 0 aliphatic carbocycles. The van der Waals surface area contributed by atoms with Crippen LogP contribution in [0.1, 0.15) is 16.6 Å². The zero-order chi connectivity index (χ0) is 14.5. The van der Waals surface area contributed by atoms with Gasteiger partial charge in [0.15, 0.2) is 0 Å². The quantitative estimate of drug-likeness (QED) is 0.887. The van der Waals surface area contributed by atoms with E-state index in [1.165, 1.54) is 10.6 Å². The lowest BCUT2D eigenvalue weighted by molar-refractivity contribution is 0.0168. The highest BCUT2D eigenvalue weighted by Crippen LogP contribution is 2.25. The third-order valence-corrected chi connectivity index (χ3v) is 5.03. The Morgan fingerprint density at radius 3 is 2.81 bits per heavy atom. The van der Waals surface area contributed by atoms with Crippen LogP contribution >= 0.6 is 11.3 Å². The number of rotatable bonds is 6. The third kappa shape index (κ3) is 3.74. The van der Waals surface area contributed by atoms with E-state index < -0.39 is 0 Å². The Labute approximate surface area is 130 Å². The Kier molecular flexibility index (Phi) is 5.08. The standard InChI is InChI=1S/C16H23N3OS/c1-18-6-2-4-14(18)12-17-13-15(16-5-3-11-21-16)19-7-9-20-10-8-19/h2-6,11,15,17H,7-10,12-13H2,1H3/t15-/m1/s1. The van der Waals surface area contributed by atoms with Crippen LogP contribution in [-0.4, -0.2) is 42.3 Å². The van der Waals surface area contributed by atoms with Gasteiger partial charge in [-0.2, -0.15) is 0 Å². The van der Waals surface area contributed by atoms with E-state index in [2.05, 4.69) is 57.7 Å². The van der Waals surface area contributed by atoms with Gasteiger partial charge in [0.1, 0.15) is 0 Å². The fraction of sp³-hybridized carbons (Fsp3) is 0.500. The first-order chi connectivity index (χ1) is 10.3. The molecule has 2 aromatic heterocycles. The van der Waals surface area contributed by atoms with Crippen molar-refractivity contribution in [2.24, 2.45) is 7.05 Å². The van der Waals surface area contributed by atoms with E-state index in [4.69, 9.17) is 4.74 Å². The summed E-state index contributed by atoms with van der Waals surface area (Å²) < 4.78 is 7.65. The molecule has 3 rings (SSSR count). The number of hydrogen-bond donors (Lipinski definition) is 1. The largest absolute Gasteiger partial charge is 0.379 e. The van der Waals surface area contributed by atoms with Gasteiger partial charge >= 0.3 is 0 Å². The van der Waals surface area contributed by atoms with Crippen LogP contribution < -0.4 is 5.32 Å². The van der Waals surface area contributed by atoms with Crippen LogP contribution in [0, 0.1) is 0 Å². The van der Waals surface area contributed by atoms with E-state index >= 15 is 0 Å². The number of aryl methyl sites for hydroxylation is 1. The number of aromatic nitrogens is 1. The van der Waals surface area contributed by atoms with E-state index in [0.717, 1.165) is 39.4 Å². The molecule has 0 saturated carbocycles. The summed E-state index contributed by atoms with van der Waals surface area (Å²) in [6.45, 7) is 5.63. The van der Waals surface area contributed by atoms with Crippen LogP contribution in [0.4, 0.5) is 0 Å². The molecule has 5 heteroatoms. The van der Waals surface area contributed by atoms with Crippen LogP contribution in [-0.2, 0) is 18.3 Å². The van der Waals surface area contributed by atoms with Crippen LogP contribution in [0.15, 0.2) is 35.8 Å². The second kappa shape index (κ2) is 7.22. The predicted molar refractivity (Wildman–Crippen MR) is 86.6 cm³/mol. The van der Waals surface area contributed by atoms with Gasteiger partial charge in [0, 0.05) is 50.0 Å². The van der Waals surface area contributed by atoms with Crippen LogP contribution in [0.2, 0.25) is 0 Å². The third-order valence-electron chi connectivity index (χ3n) is 4.05. The number of thiophene rings is 1. The van der Waals surface area contributed by atoms with Crippen molar-refractivity contribution >= 4 is 11.3 Å². The summed E-state index contributed by atoms with van der Waals surface area (Å²) in [6.07, 6.45) is 2.09. The molecule has 1 fully saturated rings. The van der Waals surface area contributed by atoms with Gasteiger partial charge in [-0.05, 0) is 23.6 Å². The molecule has 1 aliphatic heterocycles. The van der Waals surface area contributed by atoms with Crippen molar-refractivity contribution in [3.05, 3.63) is 46.4 Å². The zero-order valence-electron chi connectivity index (χ0n) is 12.5. The monoisotopic (exact) mass is 305 g/mol. The van der Waals surface area contributed by atoms with E-state index in [1.54, 1.807) is 0 Å². The molecule has 0 bridgehead atoms. The molecule has 114 valence electrons. The van der Waals surface area contributed by atoms with Crippen molar-refractivity contribution in [1.82, 2.24) is 14.8 Å². The average Bonchev–Trinajstić information content (AvgIpc) is 3.17. The molecule has 1 saturated heterocycles. The van der Waals surface area contributed by atoms with Gasteiger partial charge < -0.3 is 14.6 Å². The molecule has 21 heavy (non-hydrogen) atoms. The number of ether oxygens (including phenoxy) is 1. The van der Waals surface area contributed by atoms with Crippen molar-refractivity contribution in [2.75, 3.05) is 32.8 Å². The first-order valence-electron chi connectivity index (χ1n) is 7.51. The molecular weight excluding hydrogens is 282 g/mol. The Balaban J connectivity index is 1.61. The van der Waals surface area contributed by atoms with Gasteiger partial charge in [0.05, 0.1) is 19.3 Å². The summed E-state index contributed by atoms with van der Waals surface area (Å²) in [6, 6.07) is 9.10. The Morgan fingerprint density at radius 2 is 2.14 bits per heavy atom. The Bertz CT molecular complexity index is 531. The molecule has 0 amide bonds. The molecule has 0 radical (unpaired) electrons. The van der Waals surface area contributed by atoms with Gasteiger partial charge in [0.25, 0.3) is 0 Å². The first kappa shape index (κ1) is 14.8. The van der Waals surface area contributed by atoms with Gasteiger partial charge in [-0.3, -0.25) is 4.90 Å². The lowest BCUT2D eigenvalue weighted by atomic mass is 10.2. The fourth-order valence-corrected chi connectivity index (χ4v) is 3.66. The summed E-state index contributed by atoms with van der Waals surface area (Å²) >= 11 is 1.85. The number of hydrogen-bond acceptors (Lipinski definition) is 4. The van der Waals surface area contributed by atoms with E-state index in [1.807, 2.05) is 11.3 Å². The van der Waals surface area contributed by atoms with E-state index in [-0.39, 0.29) is 0 Å². The van der Waals surface area contributed by atoms with Crippen LogP contribution in [0.25, 0.3) is 0 Å². The smallest absolute Gasteiger partial charge is 0.0594 e. The predicted octanol–water partition coefficient (Wildman–Crippen LogP) is 2.25. The maximum Gasteiger partial charge on any atom is 0.0594 e. The van der Waals surface area contributed by atoms with Crippen LogP contribution in [0.3, 0.4) is 0 Å². The second-order valence-corrected chi connectivity index (χ2v) is 6.40. The normalized spacial score (nSPS) is 18.0. The van der Waals surface area contributed by atoms with Crippen molar-refractivity contribution in [2.45, 2.75) is 12.6 Å². The zero-order valence-corrected chi connectivity index (χ0v) is 13.3. The molecule has 4 nitrogen and oxygen atoms in total. The summed E-state index contributed by atoms with van der Waals surface area (Å²) in [4.78, 5) is 3.98. The SMILES string of the molecule is Cn1cccc1CNC[C@H](c1cccs1)N1CCOCC1. The lowest BCUT2D eigenvalue weighted by Crippen LogP contribution is -2.42. The molecule has 1 N–H and O–H groups in total. The highest BCUT2D eigenvalue weighted by Gasteiger charge is 2.23. The first-order valence-corrected chi connectivity index (χ1v) is 8.38. The molecule has 2 aromatic rings. The summed E-state index contributed by atoms with van der Waals surface area (Å²) in [5, 5.41) is 5.78. The molecule has 0 unspecified atom stereocenters. The van der Waals surface area contributed by atoms with Crippen molar-refractivity contribution < 1.29 is 4.74 Å². The fourth-order valence-electron chi connectivity index (χ4n) is 2.80. The number of nitrogens with zero attached hydrogens (tertiary/aromatic N) is 2. The minimum Gasteiger partial charge on any atom is -0.379 e. The van der Waals surface area contributed by atoms with Crippen molar-refractivity contribution in [1.29, 1.82) is 0 Å². The maximum atomic E-state index is 5.48. The van der Waals surface area contributed by atoms with E-state index in [9.17, 15) is 0 Å². The summed E-state index contributed by atoms with van der Waals surface area (Å²) in [5.74, 6) is 0. The van der Waals surface area contributed by atoms with E-state index in [0.29, 0.717) is 6.04 Å². The van der Waals surface area contributed by atoms with Gasteiger partial charge in [-0.15, -0.1) is 11.3 Å². The number of morpholine rings is 1. The van der Waals surface area contributed by atoms with Crippen molar-refractivity contribution in [3.63, 3.8) is 0 Å². The molecule has 0 aromatic carbocycles. The Morgan fingerprint density at radius 1 is 1.29 bits per heavy atom. The maximum absolute atomic E-state index is 5.48. The van der Waals surface area contributed by atoms with Gasteiger partial charge in [-0.1, -0.05) is 6.07 Å². The molecule has 1 atom stereocenters. The molecule has 1 aliphatic rings. The van der Waals surface area contributed by atoms with Gasteiger partial charge in [-0.25, -0.2) is 0 Å². The minimum absolute atomic E-state index is 0.453. The topological polar surface area (TPSA) is 29.4 Å². The van der Waals surface area contributed by atoms with Gasteiger partial charge in [0.2, 0.25) is 0 Å². The molecular formula is C16H23N3OS. The summed E-state index contributed by atoms with van der Waals surface area (Å²) in [7, 11) is 2.09. The summed E-state index contributed by atoms with van der Waals surface area (Å²) in [5.41, 5.74) is 1.32. The average molecular weight is 305 g/mol. The lowest BCUT2D eigenvalue weighted by Gasteiger charge is -2.34. The highest BCUT2D eigenvalue weighted by atomic mass is 32.1. The molecule has 0 spiro atoms. The Hall–Kier alpha value is -1.14. The number of nitrogens with one attached hydrogen (secondary N) is 1. The minimum atomic E-state index is 0.453.